The first-order valence-corrected chi connectivity index (χ1v) is 20.0. The molecule has 0 aromatic carbocycles. The number of ether oxygens (including phenoxy) is 1. The van der Waals surface area contributed by atoms with Crippen LogP contribution in [0.5, 0.6) is 0 Å². The van der Waals surface area contributed by atoms with E-state index in [1.807, 2.05) is 0 Å². The molecular formula is C43H80ClNO2. The molecule has 0 aliphatic heterocycles. The molecule has 0 saturated heterocycles. The van der Waals surface area contributed by atoms with Crippen LogP contribution >= 0.6 is 12.4 Å². The van der Waals surface area contributed by atoms with Gasteiger partial charge in [0.05, 0.1) is 0 Å². The van der Waals surface area contributed by atoms with Crippen molar-refractivity contribution in [3.05, 3.63) is 48.6 Å². The van der Waals surface area contributed by atoms with Gasteiger partial charge in [-0.15, -0.1) is 12.4 Å². The van der Waals surface area contributed by atoms with Crippen molar-refractivity contribution in [3.63, 3.8) is 0 Å². The summed E-state index contributed by atoms with van der Waals surface area (Å²) in [5.74, 6) is 0.00641. The molecule has 276 valence electrons. The first-order valence-electron chi connectivity index (χ1n) is 20.0. The van der Waals surface area contributed by atoms with E-state index in [1.165, 1.54) is 141 Å². The number of carbonyl (C=O) groups is 1. The molecule has 0 aromatic heterocycles. The number of hydrogen-bond donors (Lipinski definition) is 0. The Labute approximate surface area is 300 Å². The summed E-state index contributed by atoms with van der Waals surface area (Å²) in [5, 5.41) is 0. The van der Waals surface area contributed by atoms with Gasteiger partial charge in [0.15, 0.2) is 0 Å². The van der Waals surface area contributed by atoms with Crippen molar-refractivity contribution in [2.45, 2.75) is 200 Å². The second-order valence-electron chi connectivity index (χ2n) is 13.8. The van der Waals surface area contributed by atoms with E-state index in [0.717, 1.165) is 38.6 Å². The van der Waals surface area contributed by atoms with Gasteiger partial charge in [0.1, 0.15) is 6.10 Å². The number of hydrogen-bond acceptors (Lipinski definition) is 3. The van der Waals surface area contributed by atoms with Gasteiger partial charge in [0.2, 0.25) is 0 Å². The highest BCUT2D eigenvalue weighted by atomic mass is 35.5. The molecule has 0 rings (SSSR count). The van der Waals surface area contributed by atoms with Crippen LogP contribution in [0.4, 0.5) is 0 Å². The van der Waals surface area contributed by atoms with Crippen molar-refractivity contribution in [1.29, 1.82) is 0 Å². The van der Waals surface area contributed by atoms with E-state index >= 15 is 0 Å². The van der Waals surface area contributed by atoms with E-state index in [2.05, 4.69) is 81.5 Å². The number of allylic oxidation sites excluding steroid dienone is 8. The summed E-state index contributed by atoms with van der Waals surface area (Å²) in [7, 11) is 4.12. The fraction of sp³-hybridized carbons (Fsp3) is 0.791. The summed E-state index contributed by atoms with van der Waals surface area (Å²) in [6.07, 6.45) is 52.8. The second kappa shape index (κ2) is 40.9. The lowest BCUT2D eigenvalue weighted by Crippen LogP contribution is -2.20. The Morgan fingerprint density at radius 2 is 0.872 bits per heavy atom. The Morgan fingerprint density at radius 1 is 0.511 bits per heavy atom. The Bertz CT molecular complexity index is 694. The molecule has 0 radical (unpaired) electrons. The summed E-state index contributed by atoms with van der Waals surface area (Å²) in [6.45, 7) is 5.46. The molecule has 0 aliphatic carbocycles. The van der Waals surface area contributed by atoms with Gasteiger partial charge in [0, 0.05) is 6.42 Å². The maximum atomic E-state index is 12.5. The standard InChI is InChI=1S/C43H79NO2.ClH/c1-5-7-9-11-13-15-17-19-21-23-25-27-29-31-33-35-38-42(46-43(45)40-37-41-44(3)4)39-36-34-32-30-28-26-24-22-20-18-16-14-12-10-8-6-2;/h13-16,19-22,42H,5-12,17-18,23-41H2,1-4H3;1H/b15-13-,16-14-,21-19-,22-20-;. The highest BCUT2D eigenvalue weighted by molar-refractivity contribution is 5.85. The molecule has 0 saturated carbocycles. The van der Waals surface area contributed by atoms with Crippen LogP contribution in [0.15, 0.2) is 48.6 Å². The molecule has 0 aromatic rings. The van der Waals surface area contributed by atoms with E-state index < -0.39 is 0 Å². The maximum Gasteiger partial charge on any atom is 0.306 e. The number of nitrogens with zero attached hydrogens (tertiary/aromatic N) is 1. The highest BCUT2D eigenvalue weighted by Gasteiger charge is 2.14. The maximum absolute atomic E-state index is 12.5. The summed E-state index contributed by atoms with van der Waals surface area (Å²) in [5.41, 5.74) is 0. The molecule has 0 bridgehead atoms. The van der Waals surface area contributed by atoms with Gasteiger partial charge < -0.3 is 9.64 Å². The average molecular weight is 679 g/mol. The highest BCUT2D eigenvalue weighted by Crippen LogP contribution is 2.18. The number of carbonyl (C=O) groups excluding carboxylic acids is 1. The van der Waals surface area contributed by atoms with E-state index in [1.54, 1.807) is 0 Å². The molecule has 0 unspecified atom stereocenters. The molecule has 0 heterocycles. The van der Waals surface area contributed by atoms with Crippen LogP contribution in [-0.2, 0) is 9.53 Å². The van der Waals surface area contributed by atoms with E-state index in [4.69, 9.17) is 4.74 Å². The molecule has 47 heavy (non-hydrogen) atoms. The Balaban J connectivity index is 0. The molecule has 0 fully saturated rings. The van der Waals surface area contributed by atoms with Crippen molar-refractivity contribution >= 4 is 18.4 Å². The minimum Gasteiger partial charge on any atom is -0.462 e. The molecule has 0 atom stereocenters. The van der Waals surface area contributed by atoms with Gasteiger partial charge in [0.25, 0.3) is 0 Å². The third kappa shape index (κ3) is 40.8. The van der Waals surface area contributed by atoms with Crippen LogP contribution in [0, 0.1) is 0 Å². The van der Waals surface area contributed by atoms with Crippen LogP contribution in [0.1, 0.15) is 194 Å². The Kier molecular flexibility index (Phi) is 41.5. The zero-order chi connectivity index (χ0) is 33.6. The van der Waals surface area contributed by atoms with Crippen LogP contribution in [0.2, 0.25) is 0 Å². The topological polar surface area (TPSA) is 29.5 Å². The lowest BCUT2D eigenvalue weighted by Gasteiger charge is -2.18. The van der Waals surface area contributed by atoms with Gasteiger partial charge >= 0.3 is 5.97 Å². The van der Waals surface area contributed by atoms with Gasteiger partial charge in [-0.1, -0.05) is 140 Å². The largest absolute Gasteiger partial charge is 0.462 e. The van der Waals surface area contributed by atoms with Crippen LogP contribution in [0.25, 0.3) is 0 Å². The summed E-state index contributed by atoms with van der Waals surface area (Å²) >= 11 is 0. The molecule has 0 aliphatic rings. The first-order chi connectivity index (χ1) is 22.6. The van der Waals surface area contributed by atoms with Crippen LogP contribution in [-0.4, -0.2) is 37.6 Å². The summed E-state index contributed by atoms with van der Waals surface area (Å²) < 4.78 is 6.00. The predicted octanol–water partition coefficient (Wildman–Crippen LogP) is 14.1. The van der Waals surface area contributed by atoms with E-state index in [9.17, 15) is 4.79 Å². The number of esters is 1. The summed E-state index contributed by atoms with van der Waals surface area (Å²) in [6, 6.07) is 0. The van der Waals surface area contributed by atoms with Crippen molar-refractivity contribution in [2.24, 2.45) is 0 Å². The molecule has 0 N–H and O–H groups in total. The van der Waals surface area contributed by atoms with Gasteiger partial charge in [-0.25, -0.2) is 0 Å². The van der Waals surface area contributed by atoms with Gasteiger partial charge in [-0.05, 0) is 117 Å². The third-order valence-electron chi connectivity index (χ3n) is 8.74. The molecule has 0 amide bonds. The zero-order valence-electron chi connectivity index (χ0n) is 31.9. The predicted molar refractivity (Wildman–Crippen MR) is 213 cm³/mol. The number of halogens is 1. The third-order valence-corrected chi connectivity index (χ3v) is 8.74. The van der Waals surface area contributed by atoms with Crippen molar-refractivity contribution < 1.29 is 9.53 Å². The monoisotopic (exact) mass is 678 g/mol. The van der Waals surface area contributed by atoms with Crippen LogP contribution in [0.3, 0.4) is 0 Å². The van der Waals surface area contributed by atoms with Crippen molar-refractivity contribution in [2.75, 3.05) is 20.6 Å². The lowest BCUT2D eigenvalue weighted by atomic mass is 10.0. The van der Waals surface area contributed by atoms with Crippen LogP contribution < -0.4 is 0 Å². The summed E-state index contributed by atoms with van der Waals surface area (Å²) in [4.78, 5) is 14.7. The zero-order valence-corrected chi connectivity index (χ0v) is 32.7. The SMILES string of the molecule is CCCCC/C=C\C/C=C\CCCCCCCCC(CCCCCCCC/C=C\C/C=C\CCCCC)OC(=O)CCCN(C)C.Cl. The first kappa shape index (κ1) is 47.8. The van der Waals surface area contributed by atoms with Gasteiger partial charge in [-0.2, -0.15) is 0 Å². The molecule has 4 heteroatoms. The Hall–Kier alpha value is -1.32. The van der Waals surface area contributed by atoms with E-state index in [-0.39, 0.29) is 24.5 Å². The quantitative estimate of drug-likeness (QED) is 0.0380. The Morgan fingerprint density at radius 3 is 1.26 bits per heavy atom. The number of unbranched alkanes of at least 4 members (excludes halogenated alkanes) is 18. The smallest absolute Gasteiger partial charge is 0.306 e. The minimum atomic E-state index is 0. The normalized spacial score (nSPS) is 12.1. The fourth-order valence-electron chi connectivity index (χ4n) is 5.77. The molecule has 3 nitrogen and oxygen atoms in total. The average Bonchev–Trinajstić information content (AvgIpc) is 3.04. The lowest BCUT2D eigenvalue weighted by molar-refractivity contribution is -0.150. The molecule has 0 spiro atoms. The fourth-order valence-corrected chi connectivity index (χ4v) is 5.77. The molecular weight excluding hydrogens is 598 g/mol. The second-order valence-corrected chi connectivity index (χ2v) is 13.8. The van der Waals surface area contributed by atoms with Crippen molar-refractivity contribution in [1.82, 2.24) is 4.90 Å². The van der Waals surface area contributed by atoms with Gasteiger partial charge in [-0.3, -0.25) is 4.79 Å². The van der Waals surface area contributed by atoms with Crippen molar-refractivity contribution in [3.8, 4) is 0 Å². The van der Waals surface area contributed by atoms with E-state index in [0.29, 0.717) is 6.42 Å². The number of rotatable bonds is 35. The minimum absolute atomic E-state index is 0.